The molecule has 0 bridgehead atoms. The Kier molecular flexibility index (Phi) is 20.8. The normalized spacial score (nSPS) is 12.1. The number of hydrogen-bond donors (Lipinski definition) is 0. The van der Waals surface area contributed by atoms with E-state index in [2.05, 4.69) is 25.6 Å². The predicted molar refractivity (Wildman–Crippen MR) is 104 cm³/mol. The fourth-order valence-corrected chi connectivity index (χ4v) is 3.57. The molecule has 0 N–H and O–H groups in total. The molecule has 0 aliphatic carbocycles. The second-order valence-electron chi connectivity index (χ2n) is 6.52. The van der Waals surface area contributed by atoms with Crippen molar-refractivity contribution in [2.45, 2.75) is 110 Å². The van der Waals surface area contributed by atoms with E-state index in [1.54, 1.807) is 0 Å². The monoisotopic (exact) mass is 326 g/mol. The second kappa shape index (κ2) is 20.9. The molecule has 1 nitrogen and oxygen atoms in total. The van der Waals surface area contributed by atoms with Gasteiger partial charge in [0.15, 0.2) is 9.76 Å². The SMILES string of the molecule is CCCCCCCCCCCCCCCC/C=C/[SiH2]OCC. The van der Waals surface area contributed by atoms with E-state index >= 15 is 0 Å². The van der Waals surface area contributed by atoms with E-state index in [9.17, 15) is 0 Å². The summed E-state index contributed by atoms with van der Waals surface area (Å²) in [5.41, 5.74) is 2.30. The molecule has 0 amide bonds. The topological polar surface area (TPSA) is 9.23 Å². The van der Waals surface area contributed by atoms with Crippen LogP contribution in [0.4, 0.5) is 0 Å². The second-order valence-corrected chi connectivity index (χ2v) is 7.73. The lowest BCUT2D eigenvalue weighted by atomic mass is 10.0. The van der Waals surface area contributed by atoms with Gasteiger partial charge >= 0.3 is 0 Å². The maximum atomic E-state index is 5.41. The molecule has 0 fully saturated rings. The molecule has 22 heavy (non-hydrogen) atoms. The lowest BCUT2D eigenvalue weighted by Crippen LogP contribution is -1.92. The molecule has 0 aliphatic heterocycles. The Morgan fingerprint density at radius 1 is 0.636 bits per heavy atom. The fourth-order valence-electron chi connectivity index (χ4n) is 2.83. The highest BCUT2D eigenvalue weighted by Gasteiger charge is 1.93. The van der Waals surface area contributed by atoms with E-state index in [1.165, 1.54) is 96.3 Å². The van der Waals surface area contributed by atoms with Crippen molar-refractivity contribution < 1.29 is 4.43 Å². The quantitative estimate of drug-likeness (QED) is 0.206. The minimum Gasteiger partial charge on any atom is -0.419 e. The van der Waals surface area contributed by atoms with Crippen molar-refractivity contribution in [2.75, 3.05) is 6.61 Å². The maximum absolute atomic E-state index is 5.41. The molecule has 2 heteroatoms. The molecule has 0 heterocycles. The van der Waals surface area contributed by atoms with Crippen LogP contribution in [0.2, 0.25) is 0 Å². The average Bonchev–Trinajstić information content (AvgIpc) is 2.54. The van der Waals surface area contributed by atoms with Gasteiger partial charge in [-0.3, -0.25) is 0 Å². The van der Waals surface area contributed by atoms with Crippen molar-refractivity contribution in [3.63, 3.8) is 0 Å². The molecule has 0 aromatic heterocycles. The lowest BCUT2D eigenvalue weighted by molar-refractivity contribution is 0.366. The van der Waals surface area contributed by atoms with Crippen LogP contribution in [0, 0.1) is 0 Å². The first-order valence-corrected chi connectivity index (χ1v) is 11.5. The third kappa shape index (κ3) is 19.9. The number of allylic oxidation sites excluding steroid dienone is 1. The maximum Gasteiger partial charge on any atom is 0.184 e. The van der Waals surface area contributed by atoms with Crippen LogP contribution < -0.4 is 0 Å². The van der Waals surface area contributed by atoms with Crippen LogP contribution in [0.5, 0.6) is 0 Å². The van der Waals surface area contributed by atoms with Crippen LogP contribution in [0.15, 0.2) is 11.8 Å². The fraction of sp³-hybridized carbons (Fsp3) is 0.900. The molecular formula is C20H42OSi. The van der Waals surface area contributed by atoms with Crippen molar-refractivity contribution in [1.82, 2.24) is 0 Å². The van der Waals surface area contributed by atoms with E-state index < -0.39 is 0 Å². The minimum absolute atomic E-state index is 0.334. The van der Waals surface area contributed by atoms with Crippen LogP contribution in [0.3, 0.4) is 0 Å². The van der Waals surface area contributed by atoms with Gasteiger partial charge in [-0.25, -0.2) is 0 Å². The van der Waals surface area contributed by atoms with Gasteiger partial charge in [0.05, 0.1) is 0 Å². The van der Waals surface area contributed by atoms with Crippen LogP contribution >= 0.6 is 0 Å². The molecule has 0 radical (unpaired) electrons. The van der Waals surface area contributed by atoms with E-state index in [1.807, 2.05) is 0 Å². The first kappa shape index (κ1) is 21.9. The molecule has 0 aliphatic rings. The Labute approximate surface area is 143 Å². The third-order valence-electron chi connectivity index (χ3n) is 4.31. The van der Waals surface area contributed by atoms with E-state index in [4.69, 9.17) is 4.43 Å². The summed E-state index contributed by atoms with van der Waals surface area (Å²) in [5, 5.41) is 0. The van der Waals surface area contributed by atoms with Crippen molar-refractivity contribution >= 4 is 9.76 Å². The van der Waals surface area contributed by atoms with Gasteiger partial charge in [-0.05, 0) is 19.8 Å². The van der Waals surface area contributed by atoms with Crippen molar-refractivity contribution in [2.24, 2.45) is 0 Å². The first-order chi connectivity index (χ1) is 10.9. The summed E-state index contributed by atoms with van der Waals surface area (Å²) in [7, 11) is -0.334. The molecule has 0 saturated heterocycles. The third-order valence-corrected chi connectivity index (χ3v) is 5.48. The highest BCUT2D eigenvalue weighted by molar-refractivity contribution is 6.34. The Hall–Kier alpha value is -0.0831. The van der Waals surface area contributed by atoms with Crippen molar-refractivity contribution in [3.05, 3.63) is 11.8 Å². The van der Waals surface area contributed by atoms with Gasteiger partial charge in [0.1, 0.15) is 0 Å². The zero-order valence-electron chi connectivity index (χ0n) is 15.6. The molecule has 0 unspecified atom stereocenters. The Balaban J connectivity index is 2.98. The smallest absolute Gasteiger partial charge is 0.184 e. The van der Waals surface area contributed by atoms with E-state index in [-0.39, 0.29) is 9.76 Å². The molecular weight excluding hydrogens is 284 g/mol. The highest BCUT2D eigenvalue weighted by atomic mass is 28.2. The lowest BCUT2D eigenvalue weighted by Gasteiger charge is -2.02. The van der Waals surface area contributed by atoms with Gasteiger partial charge in [-0.1, -0.05) is 102 Å². The van der Waals surface area contributed by atoms with Gasteiger partial charge in [-0.2, -0.15) is 0 Å². The summed E-state index contributed by atoms with van der Waals surface area (Å²) in [6, 6.07) is 0. The zero-order valence-corrected chi connectivity index (χ0v) is 17.0. The van der Waals surface area contributed by atoms with Gasteiger partial charge in [0, 0.05) is 6.61 Å². The summed E-state index contributed by atoms with van der Waals surface area (Å²) in [5.74, 6) is 0. The van der Waals surface area contributed by atoms with E-state index in [0.717, 1.165) is 6.61 Å². The first-order valence-electron chi connectivity index (χ1n) is 10.1. The van der Waals surface area contributed by atoms with Crippen LogP contribution in [0.25, 0.3) is 0 Å². The number of unbranched alkanes of at least 4 members (excludes halogenated alkanes) is 14. The van der Waals surface area contributed by atoms with Crippen molar-refractivity contribution in [3.8, 4) is 0 Å². The van der Waals surface area contributed by atoms with Crippen LogP contribution in [0.1, 0.15) is 110 Å². The molecule has 0 aromatic carbocycles. The van der Waals surface area contributed by atoms with E-state index in [0.29, 0.717) is 0 Å². The van der Waals surface area contributed by atoms with Gasteiger partial charge in [0.2, 0.25) is 0 Å². The summed E-state index contributed by atoms with van der Waals surface area (Å²) in [6.07, 6.45) is 23.8. The van der Waals surface area contributed by atoms with Crippen molar-refractivity contribution in [1.29, 1.82) is 0 Å². The molecule has 132 valence electrons. The minimum atomic E-state index is -0.334. The Bertz CT molecular complexity index is 216. The van der Waals surface area contributed by atoms with Crippen LogP contribution in [-0.2, 0) is 4.43 Å². The molecule has 0 rings (SSSR count). The Morgan fingerprint density at radius 2 is 1.09 bits per heavy atom. The summed E-state index contributed by atoms with van der Waals surface area (Å²) < 4.78 is 5.41. The summed E-state index contributed by atoms with van der Waals surface area (Å²) in [4.78, 5) is 0. The Morgan fingerprint density at radius 3 is 1.55 bits per heavy atom. The molecule has 0 atom stereocenters. The van der Waals surface area contributed by atoms with Crippen LogP contribution in [-0.4, -0.2) is 16.4 Å². The molecule has 0 saturated carbocycles. The van der Waals surface area contributed by atoms with Gasteiger partial charge in [0.25, 0.3) is 0 Å². The standard InChI is InChI=1S/C20H42OSi/c1-3-5-6-7-8-9-10-11-12-13-14-15-16-17-18-19-20-22-21-4-2/h19-20H,3-18,22H2,1-2H3/b20-19+. The predicted octanol–water partition coefficient (Wildman–Crippen LogP) is 6.49. The molecule has 0 aromatic rings. The van der Waals surface area contributed by atoms with Gasteiger partial charge < -0.3 is 4.43 Å². The molecule has 0 spiro atoms. The summed E-state index contributed by atoms with van der Waals surface area (Å²) >= 11 is 0. The highest BCUT2D eigenvalue weighted by Crippen LogP contribution is 2.13. The zero-order chi connectivity index (χ0) is 16.1. The summed E-state index contributed by atoms with van der Waals surface area (Å²) in [6.45, 7) is 5.25. The number of rotatable bonds is 18. The van der Waals surface area contributed by atoms with Gasteiger partial charge in [-0.15, -0.1) is 0 Å². The largest absolute Gasteiger partial charge is 0.419 e. The number of hydrogen-bond acceptors (Lipinski definition) is 1. The average molecular weight is 327 g/mol.